The average Bonchev–Trinajstić information content (AvgIpc) is 2.89. The van der Waals surface area contributed by atoms with E-state index in [0.717, 1.165) is 23.8 Å². The highest BCUT2D eigenvalue weighted by molar-refractivity contribution is 8.00. The van der Waals surface area contributed by atoms with Gasteiger partial charge in [-0.2, -0.15) is 9.78 Å². The molecule has 1 aliphatic carbocycles. The van der Waals surface area contributed by atoms with Crippen LogP contribution in [0.3, 0.4) is 0 Å². The Hall–Kier alpha value is -0.840. The molecule has 2 heterocycles. The highest BCUT2D eigenvalue weighted by Crippen LogP contribution is 2.34. The van der Waals surface area contributed by atoms with Crippen molar-refractivity contribution in [3.05, 3.63) is 5.82 Å². The Morgan fingerprint density at radius 1 is 1.05 bits per heavy atom. The molecule has 1 aliphatic heterocycles. The van der Waals surface area contributed by atoms with E-state index in [9.17, 15) is 0 Å². The van der Waals surface area contributed by atoms with Gasteiger partial charge in [0.25, 0.3) is 0 Å². The van der Waals surface area contributed by atoms with Crippen molar-refractivity contribution in [2.75, 3.05) is 0 Å². The lowest BCUT2D eigenvalue weighted by atomic mass is 9.99. The smallest absolute Gasteiger partial charge is 0.191 e. The molecule has 1 atom stereocenters. The minimum Gasteiger partial charge on any atom is -0.191 e. The van der Waals surface area contributed by atoms with Crippen LogP contribution < -0.4 is 0 Å². The number of hydrogen-bond acceptors (Lipinski definition) is 4. The van der Waals surface area contributed by atoms with Gasteiger partial charge in [-0.25, -0.2) is 0 Å². The lowest BCUT2D eigenvalue weighted by molar-refractivity contribution is 0.585. The van der Waals surface area contributed by atoms with Crippen molar-refractivity contribution in [1.29, 1.82) is 0 Å². The molecule has 5 heteroatoms. The maximum Gasteiger partial charge on any atom is 0.212 e. The van der Waals surface area contributed by atoms with Crippen LogP contribution in [0.5, 0.6) is 0 Å². The zero-order valence-corrected chi connectivity index (χ0v) is 14.6. The first-order chi connectivity index (χ1) is 10.9. The van der Waals surface area contributed by atoms with Gasteiger partial charge in [-0.3, -0.25) is 0 Å². The van der Waals surface area contributed by atoms with Gasteiger partial charge in [0.05, 0.1) is 11.0 Å². The molecule has 2 aliphatic rings. The largest absolute Gasteiger partial charge is 0.212 e. The minimum absolute atomic E-state index is 0.550. The summed E-state index contributed by atoms with van der Waals surface area (Å²) >= 11 is 1.89. The standard InChI is InChI=1S/C17H28N4S/c1-2-3-4-5-10-13-16-18-19-17-21(16)20-14-11-8-6-7-9-12-15(14)22-17/h15H,2-13H2,1H3. The lowest BCUT2D eigenvalue weighted by Gasteiger charge is -2.24. The second-order valence-electron chi connectivity index (χ2n) is 6.53. The van der Waals surface area contributed by atoms with Gasteiger partial charge in [0.1, 0.15) is 0 Å². The van der Waals surface area contributed by atoms with E-state index in [1.165, 1.54) is 69.9 Å². The topological polar surface area (TPSA) is 43.1 Å². The van der Waals surface area contributed by atoms with E-state index >= 15 is 0 Å². The highest BCUT2D eigenvalue weighted by Gasteiger charge is 2.27. The van der Waals surface area contributed by atoms with Crippen molar-refractivity contribution in [2.45, 2.75) is 94.4 Å². The summed E-state index contributed by atoms with van der Waals surface area (Å²) in [6, 6.07) is 0. The Morgan fingerprint density at radius 3 is 2.82 bits per heavy atom. The number of rotatable bonds is 6. The predicted octanol–water partition coefficient (Wildman–Crippen LogP) is 4.82. The van der Waals surface area contributed by atoms with Crippen molar-refractivity contribution >= 4 is 17.5 Å². The van der Waals surface area contributed by atoms with E-state index in [2.05, 4.69) is 17.1 Å². The third-order valence-corrected chi connectivity index (χ3v) is 5.94. The molecule has 0 spiro atoms. The number of unbranched alkanes of at least 4 members (excludes halogenated alkanes) is 4. The molecule has 0 aromatic carbocycles. The monoisotopic (exact) mass is 320 g/mol. The van der Waals surface area contributed by atoms with Gasteiger partial charge < -0.3 is 0 Å². The molecule has 1 saturated carbocycles. The van der Waals surface area contributed by atoms with Crippen molar-refractivity contribution in [1.82, 2.24) is 14.9 Å². The summed E-state index contributed by atoms with van der Waals surface area (Å²) in [5, 5.41) is 15.3. The summed E-state index contributed by atoms with van der Waals surface area (Å²) in [6.07, 6.45) is 15.3. The highest BCUT2D eigenvalue weighted by atomic mass is 32.2. The Labute approximate surface area is 138 Å². The summed E-state index contributed by atoms with van der Waals surface area (Å²) in [5.41, 5.74) is 1.38. The van der Waals surface area contributed by atoms with E-state index in [1.807, 2.05) is 16.4 Å². The Balaban J connectivity index is 1.64. The third kappa shape index (κ3) is 3.92. The lowest BCUT2D eigenvalue weighted by Crippen LogP contribution is -2.25. The number of thioether (sulfide) groups is 1. The SMILES string of the molecule is CCCCCCCc1nnc2n1N=C1CCCCCCC1S2. The van der Waals surface area contributed by atoms with E-state index < -0.39 is 0 Å². The van der Waals surface area contributed by atoms with Gasteiger partial charge in [-0.05, 0) is 25.7 Å². The summed E-state index contributed by atoms with van der Waals surface area (Å²) in [4.78, 5) is 0. The second kappa shape index (κ2) is 8.14. The van der Waals surface area contributed by atoms with E-state index in [4.69, 9.17) is 5.10 Å². The fourth-order valence-electron chi connectivity index (χ4n) is 3.33. The number of nitrogens with zero attached hydrogens (tertiary/aromatic N) is 4. The average molecular weight is 321 g/mol. The molecule has 3 rings (SSSR count). The molecule has 22 heavy (non-hydrogen) atoms. The number of aryl methyl sites for hydroxylation is 1. The molecule has 1 fully saturated rings. The molecular weight excluding hydrogens is 292 g/mol. The van der Waals surface area contributed by atoms with Crippen LogP contribution >= 0.6 is 11.8 Å². The Kier molecular flexibility index (Phi) is 5.93. The van der Waals surface area contributed by atoms with E-state index in [-0.39, 0.29) is 0 Å². The molecular formula is C17H28N4S. The van der Waals surface area contributed by atoms with Crippen LogP contribution in [0, 0.1) is 0 Å². The molecule has 4 nitrogen and oxygen atoms in total. The summed E-state index contributed by atoms with van der Waals surface area (Å²) in [6.45, 7) is 2.26. The fourth-order valence-corrected chi connectivity index (χ4v) is 4.50. The van der Waals surface area contributed by atoms with E-state index in [0.29, 0.717) is 5.25 Å². The second-order valence-corrected chi connectivity index (χ2v) is 7.70. The van der Waals surface area contributed by atoms with Crippen LogP contribution in [0.25, 0.3) is 0 Å². The first-order valence-corrected chi connectivity index (χ1v) is 9.95. The first kappa shape index (κ1) is 16.0. The quantitative estimate of drug-likeness (QED) is 0.705. The van der Waals surface area contributed by atoms with Gasteiger partial charge in [0, 0.05) is 6.42 Å². The van der Waals surface area contributed by atoms with Gasteiger partial charge in [-0.15, -0.1) is 10.2 Å². The van der Waals surface area contributed by atoms with Crippen molar-refractivity contribution in [3.63, 3.8) is 0 Å². The molecule has 1 aromatic rings. The zero-order chi connectivity index (χ0) is 15.2. The summed E-state index contributed by atoms with van der Waals surface area (Å²) < 4.78 is 2.04. The number of hydrogen-bond donors (Lipinski definition) is 0. The molecule has 0 saturated heterocycles. The Bertz CT molecular complexity index is 509. The molecule has 1 aromatic heterocycles. The molecule has 122 valence electrons. The molecule has 0 N–H and O–H groups in total. The van der Waals surface area contributed by atoms with Crippen LogP contribution in [-0.2, 0) is 6.42 Å². The van der Waals surface area contributed by atoms with Crippen molar-refractivity contribution in [3.8, 4) is 0 Å². The van der Waals surface area contributed by atoms with Gasteiger partial charge in [0.15, 0.2) is 5.82 Å². The van der Waals surface area contributed by atoms with Crippen molar-refractivity contribution < 1.29 is 0 Å². The molecule has 0 amide bonds. The predicted molar refractivity (Wildman–Crippen MR) is 92.7 cm³/mol. The van der Waals surface area contributed by atoms with Crippen molar-refractivity contribution in [2.24, 2.45) is 5.10 Å². The van der Waals surface area contributed by atoms with Gasteiger partial charge in [0.2, 0.25) is 5.16 Å². The van der Waals surface area contributed by atoms with Crippen LogP contribution in [-0.4, -0.2) is 25.8 Å². The van der Waals surface area contributed by atoms with Crippen LogP contribution in [0.2, 0.25) is 0 Å². The fraction of sp³-hybridized carbons (Fsp3) is 0.824. The Morgan fingerprint density at radius 2 is 1.91 bits per heavy atom. The van der Waals surface area contributed by atoms with Crippen LogP contribution in [0.1, 0.15) is 83.4 Å². The maximum absolute atomic E-state index is 4.93. The summed E-state index contributed by atoms with van der Waals surface area (Å²) in [7, 11) is 0. The van der Waals surface area contributed by atoms with Crippen LogP contribution in [0.15, 0.2) is 10.3 Å². The van der Waals surface area contributed by atoms with Gasteiger partial charge >= 0.3 is 0 Å². The maximum atomic E-state index is 4.93. The normalized spacial score (nSPS) is 21.5. The zero-order valence-electron chi connectivity index (χ0n) is 13.8. The summed E-state index contributed by atoms with van der Waals surface area (Å²) in [5.74, 6) is 1.06. The molecule has 1 unspecified atom stereocenters. The van der Waals surface area contributed by atoms with Crippen LogP contribution in [0.4, 0.5) is 0 Å². The molecule has 0 radical (unpaired) electrons. The van der Waals surface area contributed by atoms with E-state index in [1.54, 1.807) is 0 Å². The number of aromatic nitrogens is 3. The third-order valence-electron chi connectivity index (χ3n) is 4.68. The van der Waals surface area contributed by atoms with Gasteiger partial charge in [-0.1, -0.05) is 63.6 Å². The number of fused-ring (bicyclic) bond motifs is 2. The molecule has 0 bridgehead atoms. The first-order valence-electron chi connectivity index (χ1n) is 9.07. The minimum atomic E-state index is 0.550.